The number of aromatic nitrogens is 1. The second-order valence-corrected chi connectivity index (χ2v) is 6.70. The first kappa shape index (κ1) is 18.1. The molecular formula is C18H20BrN3O2. The minimum Gasteiger partial charge on any atom is -0.350 e. The van der Waals surface area contributed by atoms with Crippen molar-refractivity contribution >= 4 is 27.7 Å². The van der Waals surface area contributed by atoms with Crippen molar-refractivity contribution in [2.24, 2.45) is 5.92 Å². The molecule has 24 heavy (non-hydrogen) atoms. The van der Waals surface area contributed by atoms with Crippen LogP contribution in [-0.4, -0.2) is 22.8 Å². The number of rotatable bonds is 6. The average molecular weight is 390 g/mol. The van der Waals surface area contributed by atoms with Crippen LogP contribution in [0.2, 0.25) is 0 Å². The van der Waals surface area contributed by atoms with E-state index in [0.717, 1.165) is 10.0 Å². The highest BCUT2D eigenvalue weighted by molar-refractivity contribution is 9.10. The predicted octanol–water partition coefficient (Wildman–Crippen LogP) is 2.91. The lowest BCUT2D eigenvalue weighted by molar-refractivity contribution is -0.124. The number of nitrogens with zero attached hydrogens (tertiary/aromatic N) is 1. The largest absolute Gasteiger partial charge is 0.350 e. The number of amides is 2. The fourth-order valence-electron chi connectivity index (χ4n) is 2.19. The Kier molecular flexibility index (Phi) is 6.49. The first-order chi connectivity index (χ1) is 11.5. The molecule has 1 aromatic carbocycles. The van der Waals surface area contributed by atoms with Gasteiger partial charge in [-0.05, 0) is 35.7 Å². The molecule has 2 N–H and O–H groups in total. The molecule has 0 aliphatic rings. The Bertz CT molecular complexity index is 704. The first-order valence-corrected chi connectivity index (χ1v) is 8.49. The zero-order chi connectivity index (χ0) is 17.5. The van der Waals surface area contributed by atoms with Gasteiger partial charge in [0.05, 0.1) is 0 Å². The molecule has 2 rings (SSSR count). The lowest BCUT2D eigenvalue weighted by Crippen LogP contribution is -2.49. The monoisotopic (exact) mass is 389 g/mol. The summed E-state index contributed by atoms with van der Waals surface area (Å²) in [6, 6.07) is 10.2. The molecule has 1 atom stereocenters. The van der Waals surface area contributed by atoms with Crippen LogP contribution in [0.5, 0.6) is 0 Å². The maximum Gasteiger partial charge on any atom is 0.251 e. The van der Waals surface area contributed by atoms with Crippen molar-refractivity contribution in [3.05, 3.63) is 64.4 Å². The summed E-state index contributed by atoms with van der Waals surface area (Å²) < 4.78 is 0.817. The zero-order valence-corrected chi connectivity index (χ0v) is 15.2. The zero-order valence-electron chi connectivity index (χ0n) is 13.6. The Hall–Kier alpha value is -2.21. The van der Waals surface area contributed by atoms with E-state index in [2.05, 4.69) is 31.5 Å². The normalized spacial score (nSPS) is 11.8. The maximum atomic E-state index is 12.4. The van der Waals surface area contributed by atoms with Crippen molar-refractivity contribution in [3.8, 4) is 0 Å². The predicted molar refractivity (Wildman–Crippen MR) is 96.3 cm³/mol. The third-order valence-corrected chi connectivity index (χ3v) is 4.01. The van der Waals surface area contributed by atoms with Gasteiger partial charge < -0.3 is 10.6 Å². The van der Waals surface area contributed by atoms with Gasteiger partial charge in [-0.15, -0.1) is 0 Å². The highest BCUT2D eigenvalue weighted by atomic mass is 79.9. The van der Waals surface area contributed by atoms with Crippen molar-refractivity contribution in [1.29, 1.82) is 0 Å². The van der Waals surface area contributed by atoms with Crippen LogP contribution in [-0.2, 0) is 11.3 Å². The molecule has 0 spiro atoms. The molecule has 1 heterocycles. The minimum atomic E-state index is -0.604. The van der Waals surface area contributed by atoms with E-state index in [1.165, 1.54) is 0 Å². The van der Waals surface area contributed by atoms with E-state index in [1.54, 1.807) is 30.6 Å². The molecule has 2 aromatic rings. The maximum absolute atomic E-state index is 12.4. The Balaban J connectivity index is 2.00. The van der Waals surface area contributed by atoms with Crippen LogP contribution in [0.1, 0.15) is 29.8 Å². The van der Waals surface area contributed by atoms with Gasteiger partial charge in [0.25, 0.3) is 5.91 Å². The Morgan fingerprint density at radius 2 is 2.00 bits per heavy atom. The average Bonchev–Trinajstić information content (AvgIpc) is 2.58. The number of halogens is 1. The molecule has 1 aromatic heterocycles. The van der Waals surface area contributed by atoms with Crippen LogP contribution >= 0.6 is 15.9 Å². The second-order valence-electron chi connectivity index (χ2n) is 5.78. The van der Waals surface area contributed by atoms with E-state index in [1.807, 2.05) is 32.0 Å². The number of carbonyl (C=O) groups is 2. The molecule has 0 unspecified atom stereocenters. The summed E-state index contributed by atoms with van der Waals surface area (Å²) in [6.07, 6.45) is 3.38. The summed E-state index contributed by atoms with van der Waals surface area (Å²) in [6.45, 7) is 4.17. The summed E-state index contributed by atoms with van der Waals surface area (Å²) in [5.41, 5.74) is 1.42. The first-order valence-electron chi connectivity index (χ1n) is 7.70. The molecule has 2 amide bonds. The summed E-state index contributed by atoms with van der Waals surface area (Å²) in [5.74, 6) is -0.515. The van der Waals surface area contributed by atoms with Gasteiger partial charge >= 0.3 is 0 Å². The van der Waals surface area contributed by atoms with E-state index in [-0.39, 0.29) is 17.7 Å². The van der Waals surface area contributed by atoms with Crippen molar-refractivity contribution < 1.29 is 9.59 Å². The third kappa shape index (κ3) is 5.16. The lowest BCUT2D eigenvalue weighted by Gasteiger charge is -2.22. The van der Waals surface area contributed by atoms with E-state index >= 15 is 0 Å². The molecule has 0 aliphatic carbocycles. The lowest BCUT2D eigenvalue weighted by atomic mass is 10.0. The van der Waals surface area contributed by atoms with E-state index in [9.17, 15) is 9.59 Å². The summed E-state index contributed by atoms with van der Waals surface area (Å²) in [5, 5.41) is 5.65. The highest BCUT2D eigenvalue weighted by Gasteiger charge is 2.24. The molecular weight excluding hydrogens is 370 g/mol. The van der Waals surface area contributed by atoms with E-state index in [0.29, 0.717) is 12.1 Å². The van der Waals surface area contributed by atoms with Crippen LogP contribution < -0.4 is 10.6 Å². The Morgan fingerprint density at radius 3 is 2.62 bits per heavy atom. The summed E-state index contributed by atoms with van der Waals surface area (Å²) >= 11 is 3.34. The van der Waals surface area contributed by atoms with Gasteiger partial charge in [0.15, 0.2) is 0 Å². The molecule has 0 saturated heterocycles. The number of pyridine rings is 1. The van der Waals surface area contributed by atoms with Crippen molar-refractivity contribution in [2.75, 3.05) is 0 Å². The molecule has 0 bridgehead atoms. The smallest absolute Gasteiger partial charge is 0.251 e. The number of nitrogens with one attached hydrogen (secondary N) is 2. The molecule has 6 heteroatoms. The summed E-state index contributed by atoms with van der Waals surface area (Å²) in [7, 11) is 0. The number of benzene rings is 1. The summed E-state index contributed by atoms with van der Waals surface area (Å²) in [4.78, 5) is 28.8. The van der Waals surface area contributed by atoms with Crippen LogP contribution in [0.4, 0.5) is 0 Å². The Morgan fingerprint density at radius 1 is 1.21 bits per heavy atom. The van der Waals surface area contributed by atoms with Gasteiger partial charge in [0.1, 0.15) is 6.04 Å². The SMILES string of the molecule is CC(C)[C@H](NC(=O)c1cccc(Br)c1)C(=O)NCc1cccnc1. The fraction of sp³-hybridized carbons (Fsp3) is 0.278. The molecule has 126 valence electrons. The molecule has 5 nitrogen and oxygen atoms in total. The van der Waals surface area contributed by atoms with Crippen molar-refractivity contribution in [2.45, 2.75) is 26.4 Å². The van der Waals surface area contributed by atoms with Gasteiger partial charge in [-0.25, -0.2) is 0 Å². The molecule has 0 fully saturated rings. The van der Waals surface area contributed by atoms with Gasteiger partial charge in [-0.2, -0.15) is 0 Å². The second kappa shape index (κ2) is 8.59. The fourth-order valence-corrected chi connectivity index (χ4v) is 2.59. The van der Waals surface area contributed by atoms with Crippen LogP contribution in [0.25, 0.3) is 0 Å². The van der Waals surface area contributed by atoms with Crippen LogP contribution in [0.15, 0.2) is 53.3 Å². The highest BCUT2D eigenvalue weighted by Crippen LogP contribution is 2.12. The molecule has 0 radical (unpaired) electrons. The number of hydrogen-bond donors (Lipinski definition) is 2. The quantitative estimate of drug-likeness (QED) is 0.797. The molecule has 0 saturated carbocycles. The number of hydrogen-bond acceptors (Lipinski definition) is 3. The number of carbonyl (C=O) groups excluding carboxylic acids is 2. The van der Waals surface area contributed by atoms with Gasteiger partial charge in [-0.1, -0.05) is 41.9 Å². The standard InChI is InChI=1S/C18H20BrN3O2/c1-12(2)16(18(24)21-11-13-5-4-8-20-10-13)22-17(23)14-6-3-7-15(19)9-14/h3-10,12,16H,11H2,1-2H3,(H,21,24)(H,22,23)/t16-/m0/s1. The van der Waals surface area contributed by atoms with Crippen LogP contribution in [0, 0.1) is 5.92 Å². The van der Waals surface area contributed by atoms with E-state index in [4.69, 9.17) is 0 Å². The van der Waals surface area contributed by atoms with Gasteiger partial charge in [0.2, 0.25) is 5.91 Å². The van der Waals surface area contributed by atoms with Crippen molar-refractivity contribution in [3.63, 3.8) is 0 Å². The Labute approximate surface area is 150 Å². The third-order valence-electron chi connectivity index (χ3n) is 3.51. The molecule has 0 aliphatic heterocycles. The minimum absolute atomic E-state index is 0.0324. The van der Waals surface area contributed by atoms with Gasteiger partial charge in [0, 0.05) is 29.0 Å². The van der Waals surface area contributed by atoms with Gasteiger partial charge in [-0.3, -0.25) is 14.6 Å². The topological polar surface area (TPSA) is 71.1 Å². The van der Waals surface area contributed by atoms with Crippen LogP contribution in [0.3, 0.4) is 0 Å². The van der Waals surface area contributed by atoms with Crippen molar-refractivity contribution in [1.82, 2.24) is 15.6 Å². The van der Waals surface area contributed by atoms with E-state index < -0.39 is 6.04 Å².